The SMILES string of the molecule is CCCCCCCCCCCCCC/C=C/[C@@H](C(=O)O)[C@](O)(CC(=O)OC)C(=O)OC(C)C. The van der Waals surface area contributed by atoms with E-state index in [4.69, 9.17) is 4.74 Å². The second kappa shape index (κ2) is 18.5. The molecule has 0 saturated carbocycles. The van der Waals surface area contributed by atoms with Crippen LogP contribution in [0, 0.1) is 5.92 Å². The zero-order valence-corrected chi connectivity index (χ0v) is 21.1. The van der Waals surface area contributed by atoms with Crippen LogP contribution in [-0.4, -0.2) is 46.9 Å². The Morgan fingerprint density at radius 3 is 1.79 bits per heavy atom. The molecule has 0 aliphatic carbocycles. The number of carbonyl (C=O) groups excluding carboxylic acids is 2. The Bertz CT molecular complexity index is 585. The van der Waals surface area contributed by atoms with Crippen molar-refractivity contribution in [2.24, 2.45) is 5.92 Å². The van der Waals surface area contributed by atoms with E-state index < -0.39 is 42.0 Å². The summed E-state index contributed by atoms with van der Waals surface area (Å²) in [6, 6.07) is 0. The van der Waals surface area contributed by atoms with Gasteiger partial charge >= 0.3 is 17.9 Å². The van der Waals surface area contributed by atoms with Gasteiger partial charge in [-0.1, -0.05) is 89.7 Å². The van der Waals surface area contributed by atoms with E-state index in [0.29, 0.717) is 6.42 Å². The summed E-state index contributed by atoms with van der Waals surface area (Å²) in [6.45, 7) is 5.39. The molecule has 0 heterocycles. The third kappa shape index (κ3) is 14.1. The molecule has 192 valence electrons. The molecule has 0 aromatic rings. The molecule has 0 bridgehead atoms. The number of methoxy groups -OCH3 is 1. The third-order valence-corrected chi connectivity index (χ3v) is 5.67. The molecule has 0 unspecified atom stereocenters. The molecule has 0 spiro atoms. The summed E-state index contributed by atoms with van der Waals surface area (Å²) in [5.41, 5.74) is -2.53. The summed E-state index contributed by atoms with van der Waals surface area (Å²) in [5.74, 6) is -5.06. The number of unbranched alkanes of at least 4 members (excludes halogenated alkanes) is 12. The minimum absolute atomic E-state index is 0.568. The van der Waals surface area contributed by atoms with Crippen LogP contribution < -0.4 is 0 Å². The zero-order valence-electron chi connectivity index (χ0n) is 21.1. The normalized spacial score (nSPS) is 14.2. The number of aliphatic hydroxyl groups is 1. The maximum absolute atomic E-state index is 12.4. The van der Waals surface area contributed by atoms with Crippen molar-refractivity contribution in [2.45, 2.75) is 122 Å². The first-order valence-electron chi connectivity index (χ1n) is 12.6. The Kier molecular flexibility index (Phi) is 17.5. The number of carboxylic acid groups (broad SMARTS) is 1. The van der Waals surface area contributed by atoms with Crippen molar-refractivity contribution in [3.63, 3.8) is 0 Å². The first-order valence-corrected chi connectivity index (χ1v) is 12.6. The van der Waals surface area contributed by atoms with Crippen LogP contribution in [0.25, 0.3) is 0 Å². The Hall–Kier alpha value is -1.89. The largest absolute Gasteiger partial charge is 0.481 e. The molecular weight excluding hydrogens is 424 g/mol. The van der Waals surface area contributed by atoms with Gasteiger partial charge in [0.05, 0.1) is 19.6 Å². The number of esters is 2. The van der Waals surface area contributed by atoms with Gasteiger partial charge < -0.3 is 19.7 Å². The molecule has 0 aliphatic rings. The Labute approximate surface area is 199 Å². The molecule has 0 aromatic carbocycles. The predicted octanol–water partition coefficient (Wildman–Crippen LogP) is 5.58. The molecule has 0 rings (SSSR count). The number of carbonyl (C=O) groups is 3. The molecule has 0 radical (unpaired) electrons. The summed E-state index contributed by atoms with van der Waals surface area (Å²) in [4.78, 5) is 36.0. The number of carboxylic acids is 1. The van der Waals surface area contributed by atoms with Crippen LogP contribution in [-0.2, 0) is 23.9 Å². The van der Waals surface area contributed by atoms with Crippen molar-refractivity contribution < 1.29 is 34.1 Å². The average Bonchev–Trinajstić information content (AvgIpc) is 2.75. The number of allylic oxidation sites excluding steroid dienone is 1. The lowest BCUT2D eigenvalue weighted by atomic mass is 9.83. The van der Waals surface area contributed by atoms with Gasteiger partial charge in [-0.25, -0.2) is 4.79 Å². The zero-order chi connectivity index (χ0) is 25.1. The van der Waals surface area contributed by atoms with Crippen LogP contribution >= 0.6 is 0 Å². The van der Waals surface area contributed by atoms with Crippen LogP contribution in [0.15, 0.2) is 12.2 Å². The Balaban J connectivity index is 4.48. The molecule has 2 atom stereocenters. The van der Waals surface area contributed by atoms with Crippen molar-refractivity contribution in [3.05, 3.63) is 12.2 Å². The van der Waals surface area contributed by atoms with E-state index in [-0.39, 0.29) is 0 Å². The number of hydrogen-bond donors (Lipinski definition) is 2. The molecule has 33 heavy (non-hydrogen) atoms. The van der Waals surface area contributed by atoms with Gasteiger partial charge in [-0.15, -0.1) is 0 Å². The topological polar surface area (TPSA) is 110 Å². The summed E-state index contributed by atoms with van der Waals surface area (Å²) in [6.07, 6.45) is 17.0. The Morgan fingerprint density at radius 2 is 1.36 bits per heavy atom. The quantitative estimate of drug-likeness (QED) is 0.136. The Morgan fingerprint density at radius 1 is 0.879 bits per heavy atom. The van der Waals surface area contributed by atoms with E-state index in [2.05, 4.69) is 11.7 Å². The molecule has 0 saturated heterocycles. The minimum Gasteiger partial charge on any atom is -0.481 e. The van der Waals surface area contributed by atoms with Gasteiger partial charge in [0.15, 0.2) is 5.60 Å². The lowest BCUT2D eigenvalue weighted by Gasteiger charge is -2.29. The highest BCUT2D eigenvalue weighted by molar-refractivity contribution is 5.92. The number of hydrogen-bond acceptors (Lipinski definition) is 6. The van der Waals surface area contributed by atoms with Crippen LogP contribution in [0.3, 0.4) is 0 Å². The van der Waals surface area contributed by atoms with Gasteiger partial charge in [0.2, 0.25) is 0 Å². The fraction of sp³-hybridized carbons (Fsp3) is 0.808. The van der Waals surface area contributed by atoms with Crippen LogP contribution in [0.5, 0.6) is 0 Å². The van der Waals surface area contributed by atoms with Gasteiger partial charge in [-0.05, 0) is 26.7 Å². The van der Waals surface area contributed by atoms with E-state index in [1.807, 2.05) is 0 Å². The number of rotatable bonds is 20. The molecule has 2 N–H and O–H groups in total. The maximum Gasteiger partial charge on any atom is 0.340 e. The summed E-state index contributed by atoms with van der Waals surface area (Å²) < 4.78 is 9.56. The minimum atomic E-state index is -2.53. The molecular formula is C26H46O7. The molecule has 0 aromatic heterocycles. The lowest BCUT2D eigenvalue weighted by Crippen LogP contribution is -2.51. The molecule has 0 amide bonds. The van der Waals surface area contributed by atoms with E-state index in [1.165, 1.54) is 63.9 Å². The molecule has 7 nitrogen and oxygen atoms in total. The van der Waals surface area contributed by atoms with Crippen LogP contribution in [0.4, 0.5) is 0 Å². The van der Waals surface area contributed by atoms with Crippen LogP contribution in [0.1, 0.15) is 111 Å². The van der Waals surface area contributed by atoms with Crippen molar-refractivity contribution in [1.29, 1.82) is 0 Å². The van der Waals surface area contributed by atoms with Crippen molar-refractivity contribution in [3.8, 4) is 0 Å². The average molecular weight is 471 g/mol. The summed E-state index contributed by atoms with van der Waals surface area (Å²) in [5, 5.41) is 20.5. The third-order valence-electron chi connectivity index (χ3n) is 5.67. The summed E-state index contributed by atoms with van der Waals surface area (Å²) >= 11 is 0. The van der Waals surface area contributed by atoms with Crippen molar-refractivity contribution in [2.75, 3.05) is 7.11 Å². The van der Waals surface area contributed by atoms with Crippen molar-refractivity contribution in [1.82, 2.24) is 0 Å². The fourth-order valence-electron chi connectivity index (χ4n) is 3.70. The second-order valence-electron chi connectivity index (χ2n) is 9.05. The molecule has 0 fully saturated rings. The van der Waals surface area contributed by atoms with Crippen LogP contribution in [0.2, 0.25) is 0 Å². The van der Waals surface area contributed by atoms with E-state index in [1.54, 1.807) is 19.9 Å². The van der Waals surface area contributed by atoms with E-state index >= 15 is 0 Å². The lowest BCUT2D eigenvalue weighted by molar-refractivity contribution is -0.184. The smallest absolute Gasteiger partial charge is 0.340 e. The number of aliphatic carboxylic acids is 1. The monoisotopic (exact) mass is 470 g/mol. The van der Waals surface area contributed by atoms with Gasteiger partial charge in [0.1, 0.15) is 5.92 Å². The van der Waals surface area contributed by atoms with Gasteiger partial charge in [-0.2, -0.15) is 0 Å². The van der Waals surface area contributed by atoms with Gasteiger partial charge in [-0.3, -0.25) is 9.59 Å². The predicted molar refractivity (Wildman–Crippen MR) is 129 cm³/mol. The van der Waals surface area contributed by atoms with Gasteiger partial charge in [0.25, 0.3) is 0 Å². The first kappa shape index (κ1) is 31.1. The molecule has 0 aliphatic heterocycles. The first-order chi connectivity index (χ1) is 15.7. The van der Waals surface area contributed by atoms with E-state index in [0.717, 1.165) is 26.4 Å². The van der Waals surface area contributed by atoms with Gasteiger partial charge in [0, 0.05) is 0 Å². The van der Waals surface area contributed by atoms with E-state index in [9.17, 15) is 24.6 Å². The highest BCUT2D eigenvalue weighted by atomic mass is 16.6. The molecule has 7 heteroatoms. The maximum atomic E-state index is 12.4. The summed E-state index contributed by atoms with van der Waals surface area (Å²) in [7, 11) is 1.11. The second-order valence-corrected chi connectivity index (χ2v) is 9.05. The fourth-order valence-corrected chi connectivity index (χ4v) is 3.70. The van der Waals surface area contributed by atoms with Crippen molar-refractivity contribution >= 4 is 17.9 Å². The highest BCUT2D eigenvalue weighted by Crippen LogP contribution is 2.27. The number of ether oxygens (including phenoxy) is 2. The standard InChI is InChI=1S/C26H46O7/c1-5-6-7-8-9-10-11-12-13-14-15-16-17-18-19-22(24(28)29)26(31,20-23(27)32-4)25(30)33-21(2)3/h18-19,21-22,31H,5-17,20H2,1-4H3,(H,28,29)/b19-18+/t22-,26+/m0/s1. The highest BCUT2D eigenvalue weighted by Gasteiger charge is 2.50.